The van der Waals surface area contributed by atoms with E-state index in [9.17, 15) is 9.59 Å². The van der Waals surface area contributed by atoms with Crippen LogP contribution in [0.2, 0.25) is 0 Å². The van der Waals surface area contributed by atoms with Gasteiger partial charge in [-0.2, -0.15) is 0 Å². The number of hydrazine groups is 1. The van der Waals surface area contributed by atoms with Crippen LogP contribution in [0.3, 0.4) is 0 Å². The third-order valence-corrected chi connectivity index (χ3v) is 1.09. The first-order valence-electron chi connectivity index (χ1n) is 4.04. The SMILES string of the molecule is CCCOC(=O)NNCCC(=O)O. The summed E-state index contributed by atoms with van der Waals surface area (Å²) in [5.41, 5.74) is 4.62. The molecular formula is C7H14N2O4. The van der Waals surface area contributed by atoms with Gasteiger partial charge >= 0.3 is 12.1 Å². The van der Waals surface area contributed by atoms with Crippen molar-refractivity contribution < 1.29 is 19.4 Å². The van der Waals surface area contributed by atoms with Gasteiger partial charge in [-0.1, -0.05) is 6.92 Å². The van der Waals surface area contributed by atoms with Crippen LogP contribution in [0.4, 0.5) is 4.79 Å². The van der Waals surface area contributed by atoms with E-state index in [2.05, 4.69) is 15.6 Å². The summed E-state index contributed by atoms with van der Waals surface area (Å²) in [6, 6.07) is 0. The van der Waals surface area contributed by atoms with E-state index in [1.165, 1.54) is 0 Å². The van der Waals surface area contributed by atoms with E-state index in [1.807, 2.05) is 6.92 Å². The van der Waals surface area contributed by atoms with Crippen molar-refractivity contribution in [1.29, 1.82) is 0 Å². The van der Waals surface area contributed by atoms with Crippen LogP contribution in [0.5, 0.6) is 0 Å². The number of rotatable bonds is 6. The molecule has 0 fully saturated rings. The van der Waals surface area contributed by atoms with E-state index < -0.39 is 12.1 Å². The lowest BCUT2D eigenvalue weighted by molar-refractivity contribution is -0.136. The minimum absolute atomic E-state index is 0.0476. The number of carbonyl (C=O) groups is 2. The summed E-state index contributed by atoms with van der Waals surface area (Å²) in [5, 5.41) is 8.24. The van der Waals surface area contributed by atoms with Gasteiger partial charge in [0.25, 0.3) is 0 Å². The van der Waals surface area contributed by atoms with Crippen LogP contribution in [0, 0.1) is 0 Å². The molecule has 0 bridgehead atoms. The van der Waals surface area contributed by atoms with E-state index in [1.54, 1.807) is 0 Å². The van der Waals surface area contributed by atoms with Crippen LogP contribution in [0.15, 0.2) is 0 Å². The van der Waals surface area contributed by atoms with Crippen molar-refractivity contribution in [1.82, 2.24) is 10.9 Å². The molecule has 0 aromatic rings. The molecule has 0 aromatic carbocycles. The Morgan fingerprint density at radius 2 is 2.15 bits per heavy atom. The largest absolute Gasteiger partial charge is 0.481 e. The first kappa shape index (κ1) is 11.7. The predicted octanol–water partition coefficient (Wildman–Crippen LogP) is 0.102. The van der Waals surface area contributed by atoms with Crippen LogP contribution in [0.25, 0.3) is 0 Å². The monoisotopic (exact) mass is 190 g/mol. The number of carboxylic acid groups (broad SMARTS) is 1. The standard InChI is InChI=1S/C7H14N2O4/c1-2-5-13-7(12)9-8-4-3-6(10)11/h8H,2-5H2,1H3,(H,9,12)(H,10,11). The molecule has 3 N–H and O–H groups in total. The second-order valence-electron chi connectivity index (χ2n) is 2.33. The maximum atomic E-state index is 10.7. The summed E-state index contributed by atoms with van der Waals surface area (Å²) in [4.78, 5) is 20.7. The van der Waals surface area contributed by atoms with E-state index in [0.29, 0.717) is 6.61 Å². The van der Waals surface area contributed by atoms with Crippen LogP contribution in [-0.2, 0) is 9.53 Å². The van der Waals surface area contributed by atoms with Crippen LogP contribution >= 0.6 is 0 Å². The molecule has 0 radical (unpaired) electrons. The number of hydrogen-bond acceptors (Lipinski definition) is 4. The fraction of sp³-hybridized carbons (Fsp3) is 0.714. The summed E-state index contributed by atoms with van der Waals surface area (Å²) in [6.45, 7) is 2.41. The lowest BCUT2D eigenvalue weighted by Crippen LogP contribution is -2.39. The van der Waals surface area contributed by atoms with Gasteiger partial charge in [-0.05, 0) is 6.42 Å². The average Bonchev–Trinajstić information content (AvgIpc) is 2.08. The van der Waals surface area contributed by atoms with Gasteiger partial charge < -0.3 is 9.84 Å². The van der Waals surface area contributed by atoms with Crippen LogP contribution in [0.1, 0.15) is 19.8 Å². The normalized spacial score (nSPS) is 9.31. The Morgan fingerprint density at radius 1 is 1.46 bits per heavy atom. The van der Waals surface area contributed by atoms with E-state index >= 15 is 0 Å². The first-order chi connectivity index (χ1) is 6.16. The van der Waals surface area contributed by atoms with Crippen molar-refractivity contribution in [2.45, 2.75) is 19.8 Å². The number of carbonyl (C=O) groups excluding carboxylic acids is 1. The maximum Gasteiger partial charge on any atom is 0.421 e. The third kappa shape index (κ3) is 8.61. The highest BCUT2D eigenvalue weighted by atomic mass is 16.6. The van der Waals surface area contributed by atoms with Crippen molar-refractivity contribution >= 4 is 12.1 Å². The summed E-state index contributed by atoms with van der Waals surface area (Å²) in [5.74, 6) is -0.920. The maximum absolute atomic E-state index is 10.7. The molecule has 6 nitrogen and oxygen atoms in total. The Balaban J connectivity index is 3.22. The van der Waals surface area contributed by atoms with Gasteiger partial charge in [0, 0.05) is 6.54 Å². The summed E-state index contributed by atoms with van der Waals surface area (Å²) in [6.07, 6.45) is 0.114. The minimum Gasteiger partial charge on any atom is -0.481 e. The van der Waals surface area contributed by atoms with Crippen molar-refractivity contribution in [2.24, 2.45) is 0 Å². The van der Waals surface area contributed by atoms with Crippen molar-refractivity contribution in [3.8, 4) is 0 Å². The van der Waals surface area contributed by atoms with Gasteiger partial charge in [0.1, 0.15) is 0 Å². The lowest BCUT2D eigenvalue weighted by Gasteiger charge is -2.05. The second kappa shape index (κ2) is 7.35. The van der Waals surface area contributed by atoms with E-state index in [-0.39, 0.29) is 13.0 Å². The molecule has 13 heavy (non-hydrogen) atoms. The smallest absolute Gasteiger partial charge is 0.421 e. The van der Waals surface area contributed by atoms with Crippen molar-refractivity contribution in [3.05, 3.63) is 0 Å². The zero-order chi connectivity index (χ0) is 10.1. The van der Waals surface area contributed by atoms with Crippen LogP contribution in [-0.4, -0.2) is 30.3 Å². The average molecular weight is 190 g/mol. The van der Waals surface area contributed by atoms with Gasteiger partial charge in [0.05, 0.1) is 13.0 Å². The van der Waals surface area contributed by atoms with Gasteiger partial charge in [0.15, 0.2) is 0 Å². The molecule has 0 aliphatic rings. The highest BCUT2D eigenvalue weighted by molar-refractivity contribution is 5.67. The number of aliphatic carboxylic acids is 1. The zero-order valence-corrected chi connectivity index (χ0v) is 7.50. The molecule has 6 heteroatoms. The molecule has 0 atom stereocenters. The summed E-state index contributed by atoms with van der Waals surface area (Å²) >= 11 is 0. The molecule has 0 rings (SSSR count). The molecule has 0 unspecified atom stereocenters. The van der Waals surface area contributed by atoms with Gasteiger partial charge in [-0.3, -0.25) is 10.2 Å². The van der Waals surface area contributed by atoms with Gasteiger partial charge in [-0.15, -0.1) is 0 Å². The second-order valence-corrected chi connectivity index (χ2v) is 2.33. The minimum atomic E-state index is -0.920. The molecule has 76 valence electrons. The molecule has 0 saturated carbocycles. The molecule has 0 aliphatic heterocycles. The number of carboxylic acids is 1. The number of nitrogens with one attached hydrogen (secondary N) is 2. The van der Waals surface area contributed by atoms with Gasteiger partial charge in [-0.25, -0.2) is 10.2 Å². The Bertz CT molecular complexity index is 172. The Hall–Kier alpha value is -1.30. The van der Waals surface area contributed by atoms with Crippen LogP contribution < -0.4 is 10.9 Å². The highest BCUT2D eigenvalue weighted by Crippen LogP contribution is 1.80. The molecule has 0 heterocycles. The topological polar surface area (TPSA) is 87.7 Å². The number of amides is 1. The van der Waals surface area contributed by atoms with Crippen molar-refractivity contribution in [3.63, 3.8) is 0 Å². The lowest BCUT2D eigenvalue weighted by atomic mass is 10.4. The summed E-state index contributed by atoms with van der Waals surface area (Å²) in [7, 11) is 0. The fourth-order valence-electron chi connectivity index (χ4n) is 0.535. The molecular weight excluding hydrogens is 176 g/mol. The number of ether oxygens (including phenoxy) is 1. The molecule has 0 aromatic heterocycles. The zero-order valence-electron chi connectivity index (χ0n) is 7.50. The molecule has 0 saturated heterocycles. The predicted molar refractivity (Wildman–Crippen MR) is 45.0 cm³/mol. The van der Waals surface area contributed by atoms with Gasteiger partial charge in [0.2, 0.25) is 0 Å². The number of hydrogen-bond donors (Lipinski definition) is 3. The van der Waals surface area contributed by atoms with Crippen molar-refractivity contribution in [2.75, 3.05) is 13.2 Å². The Morgan fingerprint density at radius 3 is 2.69 bits per heavy atom. The molecule has 1 amide bonds. The highest BCUT2D eigenvalue weighted by Gasteiger charge is 2.00. The molecule has 0 spiro atoms. The van der Waals surface area contributed by atoms with E-state index in [0.717, 1.165) is 6.42 Å². The van der Waals surface area contributed by atoms with E-state index in [4.69, 9.17) is 5.11 Å². The quantitative estimate of drug-likeness (QED) is 0.408. The Kier molecular flexibility index (Phi) is 6.62. The molecule has 0 aliphatic carbocycles. The first-order valence-corrected chi connectivity index (χ1v) is 4.04. The summed E-state index contributed by atoms with van der Waals surface area (Å²) < 4.78 is 4.64. The fourth-order valence-corrected chi connectivity index (χ4v) is 0.535. The third-order valence-electron chi connectivity index (χ3n) is 1.09. The Labute approximate surface area is 76.2 Å².